The first-order valence-electron chi connectivity index (χ1n) is 7.33. The minimum absolute atomic E-state index is 0.314. The van der Waals surface area contributed by atoms with Gasteiger partial charge < -0.3 is 10.3 Å². The van der Waals surface area contributed by atoms with E-state index in [4.69, 9.17) is 5.73 Å². The van der Waals surface area contributed by atoms with E-state index < -0.39 is 0 Å². The third-order valence-corrected chi connectivity index (χ3v) is 3.76. The third kappa shape index (κ3) is 2.42. The Labute approximate surface area is 132 Å². The van der Waals surface area contributed by atoms with Crippen LogP contribution in [0.2, 0.25) is 0 Å². The van der Waals surface area contributed by atoms with E-state index >= 15 is 0 Å². The van der Waals surface area contributed by atoms with Gasteiger partial charge in [0.25, 0.3) is 0 Å². The molecule has 3 heterocycles. The first-order chi connectivity index (χ1) is 11.3. The standard InChI is InChI=1S/C16H15N7/c17-15-19-11-20-23(15)16-21-13-10-18-8-6-14(13)22(16)9-7-12-4-2-1-3-5-12/h1-6,8,10-11H,7,9H2,(H2,17,19,20). The van der Waals surface area contributed by atoms with Crippen LogP contribution >= 0.6 is 0 Å². The van der Waals surface area contributed by atoms with Crippen molar-refractivity contribution >= 4 is 17.0 Å². The minimum atomic E-state index is 0.314. The van der Waals surface area contributed by atoms with Gasteiger partial charge in [0.05, 0.1) is 11.7 Å². The van der Waals surface area contributed by atoms with Crippen LogP contribution in [0.15, 0.2) is 55.1 Å². The van der Waals surface area contributed by atoms with Gasteiger partial charge in [-0.05, 0) is 18.1 Å². The number of hydrogen-bond acceptors (Lipinski definition) is 5. The van der Waals surface area contributed by atoms with Crippen LogP contribution in [0, 0.1) is 0 Å². The quantitative estimate of drug-likeness (QED) is 0.621. The van der Waals surface area contributed by atoms with Crippen molar-refractivity contribution in [3.8, 4) is 5.95 Å². The lowest BCUT2D eigenvalue weighted by Gasteiger charge is -2.09. The first-order valence-corrected chi connectivity index (χ1v) is 7.33. The summed E-state index contributed by atoms with van der Waals surface area (Å²) in [6, 6.07) is 12.3. The number of benzene rings is 1. The second-order valence-corrected chi connectivity index (χ2v) is 5.19. The number of nitrogens with zero attached hydrogens (tertiary/aromatic N) is 6. The Bertz CT molecular complexity index is 939. The molecule has 4 rings (SSSR count). The molecule has 0 aliphatic rings. The van der Waals surface area contributed by atoms with Crippen molar-refractivity contribution in [1.82, 2.24) is 29.3 Å². The summed E-state index contributed by atoms with van der Waals surface area (Å²) in [5.41, 5.74) is 8.97. The lowest BCUT2D eigenvalue weighted by atomic mass is 10.1. The lowest BCUT2D eigenvalue weighted by molar-refractivity contribution is 0.666. The summed E-state index contributed by atoms with van der Waals surface area (Å²) in [5, 5.41) is 4.17. The fourth-order valence-electron chi connectivity index (χ4n) is 2.64. The number of aromatic nitrogens is 6. The zero-order chi connectivity index (χ0) is 15.6. The predicted octanol–water partition coefficient (Wildman–Crippen LogP) is 1.84. The summed E-state index contributed by atoms with van der Waals surface area (Å²) in [6.45, 7) is 0.763. The van der Waals surface area contributed by atoms with Crippen LogP contribution in [-0.2, 0) is 13.0 Å². The van der Waals surface area contributed by atoms with Gasteiger partial charge in [0.1, 0.15) is 11.8 Å². The molecule has 0 spiro atoms. The van der Waals surface area contributed by atoms with Crippen LogP contribution in [0.25, 0.3) is 17.0 Å². The number of nitrogen functional groups attached to an aromatic ring is 1. The van der Waals surface area contributed by atoms with Gasteiger partial charge in [0.2, 0.25) is 11.9 Å². The number of rotatable bonds is 4. The summed E-state index contributed by atoms with van der Waals surface area (Å²) in [5.74, 6) is 0.966. The third-order valence-electron chi connectivity index (χ3n) is 3.76. The second kappa shape index (κ2) is 5.53. The maximum Gasteiger partial charge on any atom is 0.235 e. The van der Waals surface area contributed by atoms with E-state index in [-0.39, 0.29) is 0 Å². The second-order valence-electron chi connectivity index (χ2n) is 5.19. The molecule has 7 nitrogen and oxygen atoms in total. The lowest BCUT2D eigenvalue weighted by Crippen LogP contribution is -2.12. The van der Waals surface area contributed by atoms with Crippen molar-refractivity contribution in [3.63, 3.8) is 0 Å². The highest BCUT2D eigenvalue weighted by molar-refractivity contribution is 5.76. The highest BCUT2D eigenvalue weighted by Gasteiger charge is 2.15. The molecule has 4 aromatic rings. The average Bonchev–Trinajstić information content (AvgIpc) is 3.17. The van der Waals surface area contributed by atoms with Gasteiger partial charge >= 0.3 is 0 Å². The summed E-state index contributed by atoms with van der Waals surface area (Å²) in [4.78, 5) is 12.7. The monoisotopic (exact) mass is 305 g/mol. The van der Waals surface area contributed by atoms with Gasteiger partial charge in [-0.2, -0.15) is 14.8 Å². The number of imidazole rings is 1. The Kier molecular flexibility index (Phi) is 3.23. The molecule has 1 aromatic carbocycles. The zero-order valence-corrected chi connectivity index (χ0v) is 12.4. The molecule has 0 unspecified atom stereocenters. The normalized spacial score (nSPS) is 11.1. The van der Waals surface area contributed by atoms with E-state index in [9.17, 15) is 0 Å². The Morgan fingerprint density at radius 3 is 2.74 bits per heavy atom. The minimum Gasteiger partial charge on any atom is -0.368 e. The Morgan fingerprint density at radius 2 is 1.96 bits per heavy atom. The van der Waals surface area contributed by atoms with E-state index in [0.717, 1.165) is 24.0 Å². The topological polar surface area (TPSA) is 87.4 Å². The molecule has 0 saturated carbocycles. The Morgan fingerprint density at radius 1 is 1.09 bits per heavy atom. The van der Waals surface area contributed by atoms with Crippen molar-refractivity contribution < 1.29 is 0 Å². The molecule has 0 fully saturated rings. The molecule has 0 radical (unpaired) electrons. The van der Waals surface area contributed by atoms with E-state index in [1.165, 1.54) is 11.9 Å². The van der Waals surface area contributed by atoms with Crippen LogP contribution in [-0.4, -0.2) is 29.3 Å². The van der Waals surface area contributed by atoms with Gasteiger partial charge in [0.15, 0.2) is 0 Å². The average molecular weight is 305 g/mol. The smallest absolute Gasteiger partial charge is 0.235 e. The SMILES string of the molecule is Nc1ncnn1-c1nc2cnccc2n1CCc1ccccc1. The molecule has 7 heteroatoms. The molecule has 2 N–H and O–H groups in total. The number of aryl methyl sites for hydroxylation is 2. The number of pyridine rings is 1. The van der Waals surface area contributed by atoms with Crippen molar-refractivity contribution in [1.29, 1.82) is 0 Å². The largest absolute Gasteiger partial charge is 0.368 e. The highest BCUT2D eigenvalue weighted by atomic mass is 15.4. The van der Waals surface area contributed by atoms with Gasteiger partial charge in [-0.25, -0.2) is 4.98 Å². The van der Waals surface area contributed by atoms with Crippen molar-refractivity contribution in [2.45, 2.75) is 13.0 Å². The molecular formula is C16H15N7. The van der Waals surface area contributed by atoms with Crippen LogP contribution in [0.1, 0.15) is 5.56 Å². The Hall–Kier alpha value is -3.22. The number of nitrogens with two attached hydrogens (primary N) is 1. The number of anilines is 1. The molecule has 23 heavy (non-hydrogen) atoms. The zero-order valence-electron chi connectivity index (χ0n) is 12.4. The summed E-state index contributed by atoms with van der Waals surface area (Å²) in [6.07, 6.45) is 5.81. The van der Waals surface area contributed by atoms with E-state index in [0.29, 0.717) is 11.9 Å². The Balaban J connectivity index is 1.78. The van der Waals surface area contributed by atoms with E-state index in [1.807, 2.05) is 24.3 Å². The van der Waals surface area contributed by atoms with E-state index in [1.54, 1.807) is 17.1 Å². The molecule has 0 atom stereocenters. The summed E-state index contributed by atoms with van der Waals surface area (Å²) >= 11 is 0. The molecule has 0 bridgehead atoms. The molecule has 0 aliphatic carbocycles. The maximum absolute atomic E-state index is 5.89. The summed E-state index contributed by atoms with van der Waals surface area (Å²) < 4.78 is 3.64. The van der Waals surface area contributed by atoms with Crippen molar-refractivity contribution in [2.75, 3.05) is 5.73 Å². The molecule has 0 aliphatic heterocycles. The van der Waals surface area contributed by atoms with Crippen LogP contribution in [0.3, 0.4) is 0 Å². The van der Waals surface area contributed by atoms with Crippen molar-refractivity contribution in [3.05, 3.63) is 60.7 Å². The van der Waals surface area contributed by atoms with Crippen molar-refractivity contribution in [2.24, 2.45) is 0 Å². The molecular weight excluding hydrogens is 290 g/mol. The number of fused-ring (bicyclic) bond motifs is 1. The van der Waals surface area contributed by atoms with Gasteiger partial charge in [-0.3, -0.25) is 4.98 Å². The first kappa shape index (κ1) is 13.4. The van der Waals surface area contributed by atoms with Crippen LogP contribution in [0.5, 0.6) is 0 Å². The van der Waals surface area contributed by atoms with Crippen LogP contribution < -0.4 is 5.73 Å². The van der Waals surface area contributed by atoms with Gasteiger partial charge in [0, 0.05) is 12.7 Å². The molecule has 0 saturated heterocycles. The predicted molar refractivity (Wildman–Crippen MR) is 87.0 cm³/mol. The van der Waals surface area contributed by atoms with Gasteiger partial charge in [-0.15, -0.1) is 0 Å². The van der Waals surface area contributed by atoms with E-state index in [2.05, 4.69) is 36.8 Å². The highest BCUT2D eigenvalue weighted by Crippen LogP contribution is 2.19. The fourth-order valence-corrected chi connectivity index (χ4v) is 2.64. The molecule has 114 valence electrons. The van der Waals surface area contributed by atoms with Gasteiger partial charge in [-0.1, -0.05) is 30.3 Å². The molecule has 3 aromatic heterocycles. The fraction of sp³-hybridized carbons (Fsp3) is 0.125. The number of hydrogen-bond donors (Lipinski definition) is 1. The maximum atomic E-state index is 5.89. The van der Waals surface area contributed by atoms with Crippen LogP contribution in [0.4, 0.5) is 5.95 Å². The summed E-state index contributed by atoms with van der Waals surface area (Å²) in [7, 11) is 0. The molecule has 0 amide bonds.